The number of rotatable bonds is 5. The number of hydrogen-bond acceptors (Lipinski definition) is 4. The first kappa shape index (κ1) is 17.9. The minimum Gasteiger partial charge on any atom is -0.477 e. The van der Waals surface area contributed by atoms with Gasteiger partial charge >= 0.3 is 5.97 Å². The molecule has 1 amide bonds. The van der Waals surface area contributed by atoms with E-state index in [-0.39, 0.29) is 29.9 Å². The van der Waals surface area contributed by atoms with E-state index in [2.05, 4.69) is 10.3 Å². The predicted molar refractivity (Wildman–Crippen MR) is 91.4 cm³/mol. The summed E-state index contributed by atoms with van der Waals surface area (Å²) >= 11 is 0. The summed E-state index contributed by atoms with van der Waals surface area (Å²) in [6, 6.07) is 0. The average Bonchev–Trinajstić information content (AvgIpc) is 3.17. The van der Waals surface area contributed by atoms with Crippen LogP contribution in [0.4, 0.5) is 0 Å². The number of carbonyl (C=O) groups excluding carboxylic acids is 1. The number of ether oxygens (including phenoxy) is 1. The van der Waals surface area contributed by atoms with Gasteiger partial charge in [0, 0.05) is 6.54 Å². The molecule has 138 valence electrons. The van der Waals surface area contributed by atoms with Crippen LogP contribution in [0, 0.1) is 0 Å². The lowest BCUT2D eigenvalue weighted by Crippen LogP contribution is -2.37. The molecule has 1 aliphatic carbocycles. The Kier molecular flexibility index (Phi) is 5.73. The van der Waals surface area contributed by atoms with Gasteiger partial charge in [-0.25, -0.2) is 9.78 Å². The first-order valence-electron chi connectivity index (χ1n) is 9.26. The Morgan fingerprint density at radius 2 is 1.96 bits per heavy atom. The molecule has 1 aliphatic heterocycles. The average molecular weight is 349 g/mol. The third-order valence-electron chi connectivity index (χ3n) is 5.38. The van der Waals surface area contributed by atoms with Crippen LogP contribution in [-0.4, -0.2) is 44.8 Å². The summed E-state index contributed by atoms with van der Waals surface area (Å²) in [6.45, 7) is 0.442. The number of imidazole rings is 1. The van der Waals surface area contributed by atoms with Gasteiger partial charge in [-0.15, -0.1) is 0 Å². The van der Waals surface area contributed by atoms with Crippen molar-refractivity contribution in [2.75, 3.05) is 6.54 Å². The normalized spacial score (nSPS) is 23.1. The first-order valence-corrected chi connectivity index (χ1v) is 9.26. The number of nitrogens with one attached hydrogen (secondary N) is 1. The molecule has 1 spiro atoms. The number of hydrogen-bond donors (Lipinski definition) is 2. The van der Waals surface area contributed by atoms with Crippen LogP contribution in [0.1, 0.15) is 68.3 Å². The van der Waals surface area contributed by atoms with Gasteiger partial charge in [-0.05, 0) is 25.7 Å². The number of aromatic nitrogens is 2. The Hall–Kier alpha value is -1.89. The Balaban J connectivity index is 1.46. The minimum atomic E-state index is -1.09. The van der Waals surface area contributed by atoms with Crippen LogP contribution >= 0.6 is 0 Å². The highest BCUT2D eigenvalue weighted by Crippen LogP contribution is 2.40. The first-order chi connectivity index (χ1) is 12.1. The number of carboxylic acid groups (broad SMARTS) is 1. The fourth-order valence-electron chi connectivity index (χ4n) is 4.02. The summed E-state index contributed by atoms with van der Waals surface area (Å²) < 4.78 is 7.68. The van der Waals surface area contributed by atoms with Gasteiger partial charge in [0.15, 0.2) is 0 Å². The van der Waals surface area contributed by atoms with Crippen molar-refractivity contribution >= 4 is 11.9 Å². The molecule has 1 saturated heterocycles. The number of carbonyl (C=O) groups is 2. The van der Waals surface area contributed by atoms with Crippen LogP contribution in [0.25, 0.3) is 0 Å². The molecule has 1 aromatic rings. The summed E-state index contributed by atoms with van der Waals surface area (Å²) in [7, 11) is 0. The highest BCUT2D eigenvalue weighted by atomic mass is 16.5. The molecule has 0 bridgehead atoms. The van der Waals surface area contributed by atoms with Gasteiger partial charge in [-0.3, -0.25) is 4.79 Å². The zero-order valence-electron chi connectivity index (χ0n) is 14.6. The molecule has 2 fully saturated rings. The SMILES string of the molecule is O=C(Cn1cncc1C(=O)O)NCC1CCC2(CCCCCCC2)O1. The number of nitrogens with zero attached hydrogens (tertiary/aromatic N) is 2. The van der Waals surface area contributed by atoms with Crippen molar-refractivity contribution in [3.05, 3.63) is 18.2 Å². The number of amides is 1. The Morgan fingerprint density at radius 1 is 1.24 bits per heavy atom. The van der Waals surface area contributed by atoms with Crippen molar-refractivity contribution < 1.29 is 19.4 Å². The zero-order valence-corrected chi connectivity index (χ0v) is 14.6. The molecule has 1 atom stereocenters. The van der Waals surface area contributed by atoms with Crippen LogP contribution in [0.5, 0.6) is 0 Å². The number of carboxylic acids is 1. The van der Waals surface area contributed by atoms with Crippen molar-refractivity contribution in [3.8, 4) is 0 Å². The molecule has 0 radical (unpaired) electrons. The Bertz CT molecular complexity index is 605. The minimum absolute atomic E-state index is 0.0146. The zero-order chi connectivity index (χ0) is 17.7. The predicted octanol–water partition coefficient (Wildman–Crippen LogP) is 2.36. The second kappa shape index (κ2) is 7.99. The van der Waals surface area contributed by atoms with E-state index >= 15 is 0 Å². The lowest BCUT2D eigenvalue weighted by atomic mass is 9.85. The topological polar surface area (TPSA) is 93.5 Å². The molecular formula is C18H27N3O4. The molecule has 3 rings (SSSR count). The molecule has 1 saturated carbocycles. The second-order valence-electron chi connectivity index (χ2n) is 7.25. The molecule has 2 aliphatic rings. The van der Waals surface area contributed by atoms with Gasteiger partial charge in [-0.1, -0.05) is 32.1 Å². The van der Waals surface area contributed by atoms with Crippen molar-refractivity contribution in [2.45, 2.75) is 76.0 Å². The van der Waals surface area contributed by atoms with Gasteiger partial charge < -0.3 is 19.7 Å². The van der Waals surface area contributed by atoms with Gasteiger partial charge in [0.05, 0.1) is 24.2 Å². The standard InChI is InChI=1S/C18H27N3O4/c22-16(12-21-13-19-11-15(21)17(23)24)20-10-14-6-9-18(25-14)7-4-2-1-3-5-8-18/h11,13-14H,1-10,12H2,(H,20,22)(H,23,24). The molecule has 0 aromatic carbocycles. The van der Waals surface area contributed by atoms with Gasteiger partial charge in [0.2, 0.25) is 5.91 Å². The molecule has 1 unspecified atom stereocenters. The molecule has 25 heavy (non-hydrogen) atoms. The quantitative estimate of drug-likeness (QED) is 0.851. The van der Waals surface area contributed by atoms with Gasteiger partial charge in [0.1, 0.15) is 12.2 Å². The fraction of sp³-hybridized carbons (Fsp3) is 0.722. The van der Waals surface area contributed by atoms with Crippen molar-refractivity contribution in [1.29, 1.82) is 0 Å². The van der Waals surface area contributed by atoms with E-state index < -0.39 is 5.97 Å². The molecule has 1 aromatic heterocycles. The smallest absolute Gasteiger partial charge is 0.354 e. The maximum absolute atomic E-state index is 12.1. The van der Waals surface area contributed by atoms with Crippen molar-refractivity contribution in [1.82, 2.24) is 14.9 Å². The monoisotopic (exact) mass is 349 g/mol. The van der Waals surface area contributed by atoms with E-state index in [0.717, 1.165) is 25.7 Å². The summed E-state index contributed by atoms with van der Waals surface area (Å²) in [6.07, 6.45) is 13.4. The molecule has 7 heteroatoms. The van der Waals surface area contributed by atoms with E-state index in [1.807, 2.05) is 0 Å². The summed E-state index contributed by atoms with van der Waals surface area (Å²) in [5.41, 5.74) is 0.0390. The van der Waals surface area contributed by atoms with E-state index in [0.29, 0.717) is 6.54 Å². The second-order valence-corrected chi connectivity index (χ2v) is 7.25. The lowest BCUT2D eigenvalue weighted by Gasteiger charge is -2.31. The van der Waals surface area contributed by atoms with E-state index in [9.17, 15) is 9.59 Å². The van der Waals surface area contributed by atoms with Crippen LogP contribution in [-0.2, 0) is 16.1 Å². The van der Waals surface area contributed by atoms with E-state index in [1.165, 1.54) is 49.2 Å². The highest BCUT2D eigenvalue weighted by Gasteiger charge is 2.39. The summed E-state index contributed by atoms with van der Waals surface area (Å²) in [5, 5.41) is 11.9. The maximum Gasteiger partial charge on any atom is 0.354 e. The lowest BCUT2D eigenvalue weighted by molar-refractivity contribution is -0.123. The molecule has 7 nitrogen and oxygen atoms in total. The van der Waals surface area contributed by atoms with Gasteiger partial charge in [0.25, 0.3) is 0 Å². The van der Waals surface area contributed by atoms with Gasteiger partial charge in [-0.2, -0.15) is 0 Å². The molecular weight excluding hydrogens is 322 g/mol. The third-order valence-corrected chi connectivity index (χ3v) is 5.38. The molecule has 2 heterocycles. The van der Waals surface area contributed by atoms with Crippen molar-refractivity contribution in [2.24, 2.45) is 0 Å². The number of aromatic carboxylic acids is 1. The Labute approximate surface area is 147 Å². The van der Waals surface area contributed by atoms with Crippen LogP contribution in [0.15, 0.2) is 12.5 Å². The highest BCUT2D eigenvalue weighted by molar-refractivity contribution is 5.86. The summed E-state index contributed by atoms with van der Waals surface area (Å²) in [5.74, 6) is -1.31. The molecule has 2 N–H and O–H groups in total. The Morgan fingerprint density at radius 3 is 2.68 bits per heavy atom. The third kappa shape index (κ3) is 4.60. The summed E-state index contributed by atoms with van der Waals surface area (Å²) in [4.78, 5) is 26.9. The van der Waals surface area contributed by atoms with Crippen molar-refractivity contribution in [3.63, 3.8) is 0 Å². The largest absolute Gasteiger partial charge is 0.477 e. The van der Waals surface area contributed by atoms with E-state index in [1.54, 1.807) is 0 Å². The van der Waals surface area contributed by atoms with Crippen LogP contribution in [0.2, 0.25) is 0 Å². The van der Waals surface area contributed by atoms with Crippen LogP contribution in [0.3, 0.4) is 0 Å². The maximum atomic E-state index is 12.1. The van der Waals surface area contributed by atoms with Crippen LogP contribution < -0.4 is 5.32 Å². The van der Waals surface area contributed by atoms with E-state index in [4.69, 9.17) is 9.84 Å². The fourth-order valence-corrected chi connectivity index (χ4v) is 4.02.